The second kappa shape index (κ2) is 10.7. The number of nitrogens with zero attached hydrogens (tertiary/aromatic N) is 1. The van der Waals surface area contributed by atoms with E-state index < -0.39 is 6.17 Å². The molecule has 2 aliphatic heterocycles. The van der Waals surface area contributed by atoms with Gasteiger partial charge in [0.05, 0.1) is 12.1 Å². The molecular weight excluding hydrogens is 415 g/mol. The molecule has 2 saturated carbocycles. The molecule has 8 heteroatoms. The van der Waals surface area contributed by atoms with E-state index in [1.54, 1.807) is 11.8 Å². The molecule has 5 N–H and O–H groups in total. The quantitative estimate of drug-likeness (QED) is 0.459. The summed E-state index contributed by atoms with van der Waals surface area (Å²) in [6, 6.07) is 0.381. The van der Waals surface area contributed by atoms with Gasteiger partial charge in [0.1, 0.15) is 11.7 Å². The maximum absolute atomic E-state index is 14.1. The number of carbonyl (C=O) groups is 1. The van der Waals surface area contributed by atoms with E-state index in [1.165, 1.54) is 0 Å². The van der Waals surface area contributed by atoms with Crippen molar-refractivity contribution in [3.05, 3.63) is 0 Å². The molecule has 2 heterocycles. The van der Waals surface area contributed by atoms with E-state index in [-0.39, 0.29) is 29.6 Å². The van der Waals surface area contributed by atoms with Crippen molar-refractivity contribution in [1.29, 1.82) is 0 Å². The number of hydrogen-bond acceptors (Lipinski definition) is 6. The predicted molar refractivity (Wildman–Crippen MR) is 123 cm³/mol. The smallest absolute Gasteiger partial charge is 0.239 e. The molecule has 6 nitrogen and oxygen atoms in total. The van der Waals surface area contributed by atoms with Crippen molar-refractivity contribution < 1.29 is 14.3 Å². The Morgan fingerprint density at radius 2 is 2.03 bits per heavy atom. The van der Waals surface area contributed by atoms with Crippen LogP contribution in [0.25, 0.3) is 0 Å². The molecule has 1 amide bonds. The molecule has 7 atom stereocenters. The van der Waals surface area contributed by atoms with Crippen molar-refractivity contribution in [3.63, 3.8) is 0 Å². The second-order valence-corrected chi connectivity index (χ2v) is 11.7. The maximum Gasteiger partial charge on any atom is 0.239 e. The molecule has 4 rings (SSSR count). The van der Waals surface area contributed by atoms with Crippen LogP contribution in [-0.4, -0.2) is 70.2 Å². The number of aliphatic hydroxyl groups excluding tert-OH is 1. The highest BCUT2D eigenvalue weighted by molar-refractivity contribution is 8.00. The average Bonchev–Trinajstić information content (AvgIpc) is 3.18. The molecule has 178 valence electrons. The Morgan fingerprint density at radius 3 is 2.77 bits per heavy atom. The van der Waals surface area contributed by atoms with Gasteiger partial charge in [-0.3, -0.25) is 10.1 Å². The summed E-state index contributed by atoms with van der Waals surface area (Å²) in [4.78, 5) is 15.3. The van der Waals surface area contributed by atoms with Crippen LogP contribution >= 0.6 is 11.8 Å². The maximum atomic E-state index is 14.1. The summed E-state index contributed by atoms with van der Waals surface area (Å²) in [7, 11) is 0. The van der Waals surface area contributed by atoms with Crippen molar-refractivity contribution >= 4 is 17.7 Å². The Morgan fingerprint density at radius 1 is 1.26 bits per heavy atom. The van der Waals surface area contributed by atoms with E-state index in [4.69, 9.17) is 5.73 Å². The molecule has 7 unspecified atom stereocenters. The van der Waals surface area contributed by atoms with Gasteiger partial charge < -0.3 is 21.1 Å². The van der Waals surface area contributed by atoms with Crippen LogP contribution in [-0.2, 0) is 4.79 Å². The van der Waals surface area contributed by atoms with E-state index in [9.17, 15) is 14.3 Å². The number of nitrogens with one attached hydrogen (secondary N) is 2. The summed E-state index contributed by atoms with van der Waals surface area (Å²) >= 11 is 1.74. The van der Waals surface area contributed by atoms with E-state index >= 15 is 0 Å². The zero-order valence-electron chi connectivity index (χ0n) is 18.8. The third-order valence-corrected chi connectivity index (χ3v) is 9.26. The molecule has 0 aromatic carbocycles. The molecular formula is C23H41FN4O2S. The number of alkyl halides is 1. The van der Waals surface area contributed by atoms with Crippen LogP contribution in [0.3, 0.4) is 0 Å². The topological polar surface area (TPSA) is 90.6 Å². The molecule has 0 radical (unpaired) electrons. The van der Waals surface area contributed by atoms with Crippen LogP contribution in [0.4, 0.5) is 4.39 Å². The largest absolute Gasteiger partial charge is 0.393 e. The van der Waals surface area contributed by atoms with Crippen LogP contribution in [0.5, 0.6) is 0 Å². The Bertz CT molecular complexity index is 606. The van der Waals surface area contributed by atoms with Crippen LogP contribution in [0, 0.1) is 11.8 Å². The summed E-state index contributed by atoms with van der Waals surface area (Å²) in [5, 5.41) is 17.0. The van der Waals surface area contributed by atoms with E-state index in [1.807, 2.05) is 4.90 Å². The van der Waals surface area contributed by atoms with Gasteiger partial charge in [-0.05, 0) is 69.6 Å². The summed E-state index contributed by atoms with van der Waals surface area (Å²) in [6.45, 7) is 3.71. The van der Waals surface area contributed by atoms with Gasteiger partial charge in [0.25, 0.3) is 0 Å². The monoisotopic (exact) mass is 456 g/mol. The molecule has 0 aromatic heterocycles. The van der Waals surface area contributed by atoms with Gasteiger partial charge in [-0.1, -0.05) is 13.3 Å². The number of fused-ring (bicyclic) bond motifs is 1. The molecule has 0 bridgehead atoms. The summed E-state index contributed by atoms with van der Waals surface area (Å²) in [5.74, 6) is 1.04. The van der Waals surface area contributed by atoms with Gasteiger partial charge in [0.2, 0.25) is 5.91 Å². The summed E-state index contributed by atoms with van der Waals surface area (Å²) < 4.78 is 14.1. The van der Waals surface area contributed by atoms with Crippen LogP contribution in [0.15, 0.2) is 0 Å². The number of hydrogen-bond donors (Lipinski definition) is 4. The molecule has 0 spiro atoms. The summed E-state index contributed by atoms with van der Waals surface area (Å²) in [6.07, 6.45) is 7.91. The lowest BCUT2D eigenvalue weighted by Gasteiger charge is -2.36. The van der Waals surface area contributed by atoms with Crippen LogP contribution in [0.1, 0.15) is 71.1 Å². The lowest BCUT2D eigenvalue weighted by Crippen LogP contribution is -2.51. The van der Waals surface area contributed by atoms with Gasteiger partial charge in [-0.15, -0.1) is 11.8 Å². The zero-order chi connectivity index (χ0) is 22.0. The molecule has 0 aromatic rings. The lowest BCUT2D eigenvalue weighted by atomic mass is 9.74. The number of halogens is 1. The minimum Gasteiger partial charge on any atom is -0.393 e. The van der Waals surface area contributed by atoms with Crippen molar-refractivity contribution in [2.75, 3.05) is 13.1 Å². The zero-order valence-corrected chi connectivity index (χ0v) is 19.7. The number of aliphatic hydroxyl groups is 1. The highest BCUT2D eigenvalue weighted by Gasteiger charge is 2.46. The highest BCUT2D eigenvalue weighted by atomic mass is 32.2. The van der Waals surface area contributed by atoms with Crippen molar-refractivity contribution in [2.45, 2.75) is 112 Å². The Labute approximate surface area is 190 Å². The predicted octanol–water partition coefficient (Wildman–Crippen LogP) is 2.35. The molecule has 31 heavy (non-hydrogen) atoms. The van der Waals surface area contributed by atoms with Gasteiger partial charge in [-0.25, -0.2) is 4.39 Å². The molecule has 2 saturated heterocycles. The highest BCUT2D eigenvalue weighted by Crippen LogP contribution is 2.41. The van der Waals surface area contributed by atoms with E-state index in [0.717, 1.165) is 64.5 Å². The normalized spacial score (nSPS) is 42.3. The van der Waals surface area contributed by atoms with Crippen molar-refractivity contribution in [1.82, 2.24) is 15.5 Å². The van der Waals surface area contributed by atoms with Crippen molar-refractivity contribution in [2.24, 2.45) is 17.6 Å². The van der Waals surface area contributed by atoms with E-state index in [2.05, 4.69) is 17.6 Å². The number of piperidine rings is 1. The minimum atomic E-state index is -0.732. The standard InChI is InChI=1S/C23H41FN4O2S/c1-2-14-10-15(24)11-20-19(14)12-21(27-20)22(30)28-9-3-4-18(13-28)31-23(25)26-16-5-7-17(29)8-6-16/h14-21,23,26-27,29H,2-13,25H2,1H3. The van der Waals surface area contributed by atoms with Gasteiger partial charge in [0, 0.05) is 30.4 Å². The second-order valence-electron chi connectivity index (χ2n) is 10.2. The number of nitrogens with two attached hydrogens (primary N) is 1. The summed E-state index contributed by atoms with van der Waals surface area (Å²) in [5.41, 5.74) is 6.24. The fourth-order valence-corrected chi connectivity index (χ4v) is 7.61. The number of carbonyl (C=O) groups excluding carboxylic acids is 1. The molecule has 2 aliphatic carbocycles. The Kier molecular flexibility index (Phi) is 8.18. The first kappa shape index (κ1) is 23.7. The molecule has 4 aliphatic rings. The third-order valence-electron chi connectivity index (χ3n) is 8.06. The van der Waals surface area contributed by atoms with Crippen molar-refractivity contribution in [3.8, 4) is 0 Å². The fraction of sp³-hybridized carbons (Fsp3) is 0.957. The first-order valence-electron chi connectivity index (χ1n) is 12.5. The lowest BCUT2D eigenvalue weighted by molar-refractivity contribution is -0.134. The first-order valence-corrected chi connectivity index (χ1v) is 13.4. The SMILES string of the molecule is CCC1CC(F)CC2NC(C(=O)N3CCCC(SC(N)NC4CCC(O)CC4)C3)CC12. The molecule has 4 fully saturated rings. The first-order chi connectivity index (χ1) is 14.9. The van der Waals surface area contributed by atoms with Crippen LogP contribution in [0.2, 0.25) is 0 Å². The number of amides is 1. The number of likely N-dealkylation sites (tertiary alicyclic amines) is 1. The Balaban J connectivity index is 1.26. The fourth-order valence-electron chi connectivity index (χ4n) is 6.36. The third kappa shape index (κ3) is 5.94. The Hall–Kier alpha value is -0.410. The van der Waals surface area contributed by atoms with Gasteiger partial charge >= 0.3 is 0 Å². The minimum absolute atomic E-state index is 0.139. The number of thioether (sulfide) groups is 1. The van der Waals surface area contributed by atoms with E-state index in [0.29, 0.717) is 36.0 Å². The van der Waals surface area contributed by atoms with Crippen LogP contribution < -0.4 is 16.4 Å². The average molecular weight is 457 g/mol. The number of rotatable bonds is 6. The van der Waals surface area contributed by atoms with Gasteiger partial charge in [-0.2, -0.15) is 0 Å². The van der Waals surface area contributed by atoms with Gasteiger partial charge in [0.15, 0.2) is 0 Å².